The summed E-state index contributed by atoms with van der Waals surface area (Å²) in [5, 5.41) is 3.58. The molecule has 0 saturated heterocycles. The number of hydrogen-bond acceptors (Lipinski definition) is 3. The third-order valence-electron chi connectivity index (χ3n) is 3.63. The Morgan fingerprint density at radius 3 is 2.88 bits per heavy atom. The maximum absolute atomic E-state index is 5.96. The Bertz CT molecular complexity index is 378. The Hall–Kier alpha value is -1.22. The molecular formula is C14H22N2O. The second kappa shape index (κ2) is 5.41. The first-order chi connectivity index (χ1) is 8.19. The molecule has 1 aromatic rings. The lowest BCUT2D eigenvalue weighted by Gasteiger charge is -2.14. The third kappa shape index (κ3) is 3.13. The average Bonchev–Trinajstić information content (AvgIpc) is 2.74. The van der Waals surface area contributed by atoms with Gasteiger partial charge in [-0.05, 0) is 48.9 Å². The topological polar surface area (TPSA) is 47.3 Å². The van der Waals surface area contributed by atoms with Gasteiger partial charge < -0.3 is 15.8 Å². The lowest BCUT2D eigenvalue weighted by Crippen LogP contribution is -2.26. The molecule has 3 N–H and O–H groups in total. The highest BCUT2D eigenvalue weighted by Crippen LogP contribution is 2.25. The summed E-state index contributed by atoms with van der Waals surface area (Å²) in [6.45, 7) is 3.15. The fourth-order valence-electron chi connectivity index (χ4n) is 2.51. The maximum atomic E-state index is 5.96. The first-order valence-corrected chi connectivity index (χ1v) is 6.35. The van der Waals surface area contributed by atoms with Crippen molar-refractivity contribution in [1.29, 1.82) is 0 Å². The highest BCUT2D eigenvalue weighted by atomic mass is 16.5. The first-order valence-electron chi connectivity index (χ1n) is 6.35. The monoisotopic (exact) mass is 234 g/mol. The number of hydrogen-bond donors (Lipinski definition) is 2. The highest BCUT2D eigenvalue weighted by Gasteiger charge is 2.20. The largest absolute Gasteiger partial charge is 0.497 e. The minimum atomic E-state index is 0.649. The molecule has 17 heavy (non-hydrogen) atoms. The van der Waals surface area contributed by atoms with Crippen molar-refractivity contribution in [3.8, 4) is 5.75 Å². The third-order valence-corrected chi connectivity index (χ3v) is 3.63. The summed E-state index contributed by atoms with van der Waals surface area (Å²) in [6, 6.07) is 6.47. The Morgan fingerprint density at radius 1 is 1.41 bits per heavy atom. The van der Waals surface area contributed by atoms with Crippen LogP contribution < -0.4 is 15.8 Å². The van der Waals surface area contributed by atoms with E-state index in [-0.39, 0.29) is 0 Å². The predicted molar refractivity (Wildman–Crippen MR) is 71.0 cm³/mol. The summed E-state index contributed by atoms with van der Waals surface area (Å²) in [7, 11) is 1.68. The molecule has 0 heterocycles. The van der Waals surface area contributed by atoms with Crippen LogP contribution in [0.5, 0.6) is 5.75 Å². The lowest BCUT2D eigenvalue weighted by molar-refractivity contribution is 0.413. The standard InChI is InChI=1S/C14H22N2O/c1-10-3-4-12(7-10)16-9-11-8-13(17-2)5-6-14(11)15/h5-6,8,10,12,16H,3-4,7,9,15H2,1-2H3. The van der Waals surface area contributed by atoms with Crippen molar-refractivity contribution < 1.29 is 4.74 Å². The molecule has 1 aliphatic carbocycles. The molecule has 0 aliphatic heterocycles. The quantitative estimate of drug-likeness (QED) is 0.787. The summed E-state index contributed by atoms with van der Waals surface area (Å²) in [5.74, 6) is 1.73. The van der Waals surface area contributed by atoms with Gasteiger partial charge in [-0.2, -0.15) is 0 Å². The van der Waals surface area contributed by atoms with E-state index >= 15 is 0 Å². The van der Waals surface area contributed by atoms with Gasteiger partial charge in [0.1, 0.15) is 5.75 Å². The van der Waals surface area contributed by atoms with E-state index in [4.69, 9.17) is 10.5 Å². The molecule has 0 spiro atoms. The van der Waals surface area contributed by atoms with E-state index in [1.807, 2.05) is 18.2 Å². The van der Waals surface area contributed by atoms with E-state index in [1.54, 1.807) is 7.11 Å². The zero-order valence-corrected chi connectivity index (χ0v) is 10.7. The number of anilines is 1. The molecule has 0 amide bonds. The van der Waals surface area contributed by atoms with Gasteiger partial charge in [0.05, 0.1) is 7.11 Å². The number of benzene rings is 1. The molecule has 1 aliphatic rings. The van der Waals surface area contributed by atoms with E-state index in [1.165, 1.54) is 19.3 Å². The summed E-state index contributed by atoms with van der Waals surface area (Å²) in [4.78, 5) is 0. The predicted octanol–water partition coefficient (Wildman–Crippen LogP) is 2.56. The highest BCUT2D eigenvalue weighted by molar-refractivity contribution is 5.50. The van der Waals surface area contributed by atoms with Gasteiger partial charge in [-0.1, -0.05) is 6.92 Å². The molecule has 3 heteroatoms. The molecule has 2 atom stereocenters. The maximum Gasteiger partial charge on any atom is 0.119 e. The Balaban J connectivity index is 1.94. The smallest absolute Gasteiger partial charge is 0.119 e. The van der Waals surface area contributed by atoms with Crippen molar-refractivity contribution in [3.63, 3.8) is 0 Å². The van der Waals surface area contributed by atoms with Gasteiger partial charge in [0.2, 0.25) is 0 Å². The van der Waals surface area contributed by atoms with E-state index in [2.05, 4.69) is 12.2 Å². The van der Waals surface area contributed by atoms with Gasteiger partial charge in [-0.25, -0.2) is 0 Å². The van der Waals surface area contributed by atoms with Crippen LogP contribution in [0.4, 0.5) is 5.69 Å². The normalized spacial score (nSPS) is 23.9. The number of rotatable bonds is 4. The fraction of sp³-hybridized carbons (Fsp3) is 0.571. The lowest BCUT2D eigenvalue weighted by atomic mass is 10.1. The van der Waals surface area contributed by atoms with Crippen molar-refractivity contribution in [3.05, 3.63) is 23.8 Å². The molecule has 2 unspecified atom stereocenters. The minimum absolute atomic E-state index is 0.649. The van der Waals surface area contributed by atoms with Crippen LogP contribution in [-0.4, -0.2) is 13.2 Å². The molecule has 1 fully saturated rings. The van der Waals surface area contributed by atoms with Crippen molar-refractivity contribution in [2.45, 2.75) is 38.8 Å². The molecule has 0 radical (unpaired) electrons. The first kappa shape index (κ1) is 12.2. The Kier molecular flexibility index (Phi) is 3.89. The molecular weight excluding hydrogens is 212 g/mol. The molecule has 0 bridgehead atoms. The van der Waals surface area contributed by atoms with E-state index in [0.717, 1.165) is 29.5 Å². The molecule has 0 aromatic heterocycles. The molecule has 1 saturated carbocycles. The van der Waals surface area contributed by atoms with Crippen molar-refractivity contribution in [2.75, 3.05) is 12.8 Å². The number of nitrogens with one attached hydrogen (secondary N) is 1. The van der Waals surface area contributed by atoms with Gasteiger partial charge in [-0.15, -0.1) is 0 Å². The number of nitrogens with two attached hydrogens (primary N) is 1. The number of nitrogen functional groups attached to an aromatic ring is 1. The van der Waals surface area contributed by atoms with Crippen LogP contribution in [0.15, 0.2) is 18.2 Å². The second-order valence-corrected chi connectivity index (χ2v) is 5.06. The van der Waals surface area contributed by atoms with Crippen LogP contribution in [0.25, 0.3) is 0 Å². The van der Waals surface area contributed by atoms with Gasteiger partial charge in [0.25, 0.3) is 0 Å². The average molecular weight is 234 g/mol. The molecule has 1 aromatic carbocycles. The van der Waals surface area contributed by atoms with Crippen LogP contribution in [0.1, 0.15) is 31.7 Å². The van der Waals surface area contributed by atoms with Gasteiger partial charge in [0.15, 0.2) is 0 Å². The van der Waals surface area contributed by atoms with E-state index in [9.17, 15) is 0 Å². The van der Waals surface area contributed by atoms with Gasteiger partial charge in [0, 0.05) is 18.3 Å². The number of ether oxygens (including phenoxy) is 1. The van der Waals surface area contributed by atoms with Gasteiger partial charge in [-0.3, -0.25) is 0 Å². The van der Waals surface area contributed by atoms with Crippen molar-refractivity contribution >= 4 is 5.69 Å². The zero-order valence-electron chi connectivity index (χ0n) is 10.7. The summed E-state index contributed by atoms with van der Waals surface area (Å²) >= 11 is 0. The van der Waals surface area contributed by atoms with E-state index in [0.29, 0.717) is 6.04 Å². The minimum Gasteiger partial charge on any atom is -0.497 e. The fourth-order valence-corrected chi connectivity index (χ4v) is 2.51. The van der Waals surface area contributed by atoms with Crippen LogP contribution in [0.2, 0.25) is 0 Å². The zero-order chi connectivity index (χ0) is 12.3. The molecule has 94 valence electrons. The van der Waals surface area contributed by atoms with Crippen LogP contribution in [0.3, 0.4) is 0 Å². The Morgan fingerprint density at radius 2 is 2.24 bits per heavy atom. The summed E-state index contributed by atoms with van der Waals surface area (Å²) in [5.41, 5.74) is 7.93. The second-order valence-electron chi connectivity index (χ2n) is 5.06. The van der Waals surface area contributed by atoms with Crippen LogP contribution in [0, 0.1) is 5.92 Å². The van der Waals surface area contributed by atoms with Crippen LogP contribution in [-0.2, 0) is 6.54 Å². The van der Waals surface area contributed by atoms with Crippen molar-refractivity contribution in [2.24, 2.45) is 5.92 Å². The van der Waals surface area contributed by atoms with E-state index < -0.39 is 0 Å². The van der Waals surface area contributed by atoms with Crippen molar-refractivity contribution in [1.82, 2.24) is 5.32 Å². The molecule has 3 nitrogen and oxygen atoms in total. The molecule has 2 rings (SSSR count). The number of methoxy groups -OCH3 is 1. The summed E-state index contributed by atoms with van der Waals surface area (Å²) < 4.78 is 5.22. The Labute approximate surface area is 103 Å². The summed E-state index contributed by atoms with van der Waals surface area (Å²) in [6.07, 6.45) is 3.90. The SMILES string of the molecule is COc1ccc(N)c(CNC2CCC(C)C2)c1. The van der Waals surface area contributed by atoms with Crippen LogP contribution >= 0.6 is 0 Å². The van der Waals surface area contributed by atoms with Gasteiger partial charge >= 0.3 is 0 Å².